The monoisotopic (exact) mass is 154 g/mol. The van der Waals surface area contributed by atoms with Crippen LogP contribution >= 0.6 is 0 Å². The number of rotatable bonds is 0. The lowest BCUT2D eigenvalue weighted by Gasteiger charge is -2.06. The Morgan fingerprint density at radius 2 is 1.91 bits per heavy atom. The summed E-state index contributed by atoms with van der Waals surface area (Å²) in [7, 11) is 0. The first-order chi connectivity index (χ1) is 5.29. The average Bonchev–Trinajstić information content (AvgIpc) is 2.02. The van der Waals surface area contributed by atoms with E-state index in [-0.39, 0.29) is 0 Å². The van der Waals surface area contributed by atoms with E-state index in [9.17, 15) is 4.79 Å². The number of hydrogen-bond acceptors (Lipinski definition) is 1. The fraction of sp³-hybridized carbons (Fsp3) is 0.900. The summed E-state index contributed by atoms with van der Waals surface area (Å²) in [5.41, 5.74) is 0. The minimum Gasteiger partial charge on any atom is -0.300 e. The van der Waals surface area contributed by atoms with Crippen molar-refractivity contribution in [3.05, 3.63) is 0 Å². The van der Waals surface area contributed by atoms with Gasteiger partial charge in [-0.25, -0.2) is 0 Å². The molecule has 0 heterocycles. The van der Waals surface area contributed by atoms with E-state index in [1.165, 1.54) is 25.7 Å². The molecule has 0 spiro atoms. The van der Waals surface area contributed by atoms with Crippen molar-refractivity contribution in [1.29, 1.82) is 0 Å². The minimum absolute atomic E-state index is 0.486. The van der Waals surface area contributed by atoms with Crippen LogP contribution in [-0.4, -0.2) is 5.78 Å². The van der Waals surface area contributed by atoms with E-state index in [4.69, 9.17) is 0 Å². The van der Waals surface area contributed by atoms with Crippen molar-refractivity contribution in [2.24, 2.45) is 5.92 Å². The number of carbonyl (C=O) groups excluding carboxylic acids is 1. The van der Waals surface area contributed by atoms with Gasteiger partial charge in [0, 0.05) is 12.8 Å². The Morgan fingerprint density at radius 1 is 1.18 bits per heavy atom. The van der Waals surface area contributed by atoms with E-state index in [0.717, 1.165) is 19.3 Å². The molecule has 0 unspecified atom stereocenters. The normalized spacial score (nSPS) is 28.8. The maximum absolute atomic E-state index is 11.2. The predicted molar refractivity (Wildman–Crippen MR) is 46.5 cm³/mol. The third kappa shape index (κ3) is 3.54. The molecule has 1 atom stereocenters. The molecule has 1 fully saturated rings. The molecule has 1 rings (SSSR count). The van der Waals surface area contributed by atoms with Crippen LogP contribution in [0.4, 0.5) is 0 Å². The molecule has 1 heteroatoms. The lowest BCUT2D eigenvalue weighted by molar-refractivity contribution is -0.119. The van der Waals surface area contributed by atoms with Crippen LogP contribution in [0.2, 0.25) is 0 Å². The zero-order valence-electron chi connectivity index (χ0n) is 7.44. The van der Waals surface area contributed by atoms with E-state index in [1.54, 1.807) is 0 Å². The maximum atomic E-state index is 11.2. The van der Waals surface area contributed by atoms with Gasteiger partial charge in [-0.15, -0.1) is 0 Å². The molecular weight excluding hydrogens is 136 g/mol. The highest BCUT2D eigenvalue weighted by Gasteiger charge is 2.10. The molecule has 0 saturated heterocycles. The number of carbonyl (C=O) groups is 1. The van der Waals surface area contributed by atoms with Gasteiger partial charge in [0.2, 0.25) is 0 Å². The predicted octanol–water partition coefficient (Wildman–Crippen LogP) is 2.94. The van der Waals surface area contributed by atoms with Gasteiger partial charge in [-0.05, 0) is 12.3 Å². The second kappa shape index (κ2) is 4.53. The molecule has 0 amide bonds. The Morgan fingerprint density at radius 3 is 2.73 bits per heavy atom. The van der Waals surface area contributed by atoms with Crippen molar-refractivity contribution in [2.45, 2.75) is 51.9 Å². The van der Waals surface area contributed by atoms with Crippen molar-refractivity contribution in [2.75, 3.05) is 0 Å². The molecule has 0 N–H and O–H groups in total. The lowest BCUT2D eigenvalue weighted by atomic mass is 9.99. The molecule has 1 aliphatic carbocycles. The Balaban J connectivity index is 2.33. The van der Waals surface area contributed by atoms with Crippen LogP contribution in [0.3, 0.4) is 0 Å². The molecule has 0 aromatic heterocycles. The van der Waals surface area contributed by atoms with Crippen LogP contribution in [0.1, 0.15) is 51.9 Å². The van der Waals surface area contributed by atoms with Crippen LogP contribution in [0.5, 0.6) is 0 Å². The van der Waals surface area contributed by atoms with Gasteiger partial charge in [0.25, 0.3) is 0 Å². The summed E-state index contributed by atoms with van der Waals surface area (Å²) in [4.78, 5) is 11.2. The summed E-state index contributed by atoms with van der Waals surface area (Å²) >= 11 is 0. The fourth-order valence-electron chi connectivity index (χ4n) is 1.76. The SMILES string of the molecule is C[C@@H]1CCCCCCC(=O)C1. The molecule has 11 heavy (non-hydrogen) atoms. The van der Waals surface area contributed by atoms with Crippen LogP contribution in [-0.2, 0) is 4.79 Å². The summed E-state index contributed by atoms with van der Waals surface area (Å²) in [5, 5.41) is 0. The molecule has 1 nitrogen and oxygen atoms in total. The van der Waals surface area contributed by atoms with Gasteiger partial charge in [0.1, 0.15) is 5.78 Å². The molecule has 0 aromatic rings. The molecule has 0 aromatic carbocycles. The van der Waals surface area contributed by atoms with E-state index < -0.39 is 0 Å². The van der Waals surface area contributed by atoms with Gasteiger partial charge in [-0.1, -0.05) is 32.6 Å². The molecule has 0 radical (unpaired) electrons. The second-order valence-electron chi connectivity index (χ2n) is 3.80. The van der Waals surface area contributed by atoms with Crippen molar-refractivity contribution in [3.8, 4) is 0 Å². The fourth-order valence-corrected chi connectivity index (χ4v) is 1.76. The van der Waals surface area contributed by atoms with E-state index >= 15 is 0 Å². The molecule has 1 aliphatic rings. The average molecular weight is 154 g/mol. The summed E-state index contributed by atoms with van der Waals surface area (Å²) < 4.78 is 0. The summed E-state index contributed by atoms with van der Waals surface area (Å²) in [5.74, 6) is 1.12. The van der Waals surface area contributed by atoms with Gasteiger partial charge in [0.05, 0.1) is 0 Å². The zero-order valence-corrected chi connectivity index (χ0v) is 7.44. The van der Waals surface area contributed by atoms with Gasteiger partial charge < -0.3 is 0 Å². The summed E-state index contributed by atoms with van der Waals surface area (Å²) in [6, 6.07) is 0. The smallest absolute Gasteiger partial charge is 0.133 e. The van der Waals surface area contributed by atoms with Gasteiger partial charge >= 0.3 is 0 Å². The highest BCUT2D eigenvalue weighted by molar-refractivity contribution is 5.78. The summed E-state index contributed by atoms with van der Waals surface area (Å²) in [6.45, 7) is 2.20. The van der Waals surface area contributed by atoms with Gasteiger partial charge in [0.15, 0.2) is 0 Å². The number of ketones is 1. The third-order valence-electron chi connectivity index (χ3n) is 2.48. The third-order valence-corrected chi connectivity index (χ3v) is 2.48. The zero-order chi connectivity index (χ0) is 8.10. The highest BCUT2D eigenvalue weighted by Crippen LogP contribution is 2.18. The van der Waals surface area contributed by atoms with Crippen molar-refractivity contribution < 1.29 is 4.79 Å². The van der Waals surface area contributed by atoms with Crippen molar-refractivity contribution in [3.63, 3.8) is 0 Å². The quantitative estimate of drug-likeness (QED) is 0.524. The summed E-state index contributed by atoms with van der Waals surface area (Å²) in [6.07, 6.45) is 7.98. The van der Waals surface area contributed by atoms with Crippen molar-refractivity contribution in [1.82, 2.24) is 0 Å². The Hall–Kier alpha value is -0.330. The molecule has 1 saturated carbocycles. The van der Waals surface area contributed by atoms with Crippen LogP contribution in [0, 0.1) is 5.92 Å². The molecule has 0 bridgehead atoms. The Kier molecular flexibility index (Phi) is 3.61. The molecule has 0 aliphatic heterocycles. The van der Waals surface area contributed by atoms with Gasteiger partial charge in [-0.2, -0.15) is 0 Å². The van der Waals surface area contributed by atoms with Crippen molar-refractivity contribution >= 4 is 5.78 Å². The molecular formula is C10H18O. The van der Waals surface area contributed by atoms with E-state index in [2.05, 4.69) is 6.92 Å². The maximum Gasteiger partial charge on any atom is 0.133 e. The first kappa shape index (κ1) is 8.76. The molecule has 64 valence electrons. The second-order valence-corrected chi connectivity index (χ2v) is 3.80. The van der Waals surface area contributed by atoms with Crippen LogP contribution < -0.4 is 0 Å². The van der Waals surface area contributed by atoms with E-state index in [1.807, 2.05) is 0 Å². The largest absolute Gasteiger partial charge is 0.300 e. The van der Waals surface area contributed by atoms with Gasteiger partial charge in [-0.3, -0.25) is 4.79 Å². The number of hydrogen-bond donors (Lipinski definition) is 0. The van der Waals surface area contributed by atoms with E-state index in [0.29, 0.717) is 11.7 Å². The Bertz CT molecular complexity index is 129. The highest BCUT2D eigenvalue weighted by atomic mass is 16.1. The van der Waals surface area contributed by atoms with Crippen LogP contribution in [0.15, 0.2) is 0 Å². The number of Topliss-reactive ketones (excluding diaryl/α,β-unsaturated/α-hetero) is 1. The topological polar surface area (TPSA) is 17.1 Å². The first-order valence-electron chi connectivity index (χ1n) is 4.81. The lowest BCUT2D eigenvalue weighted by Crippen LogP contribution is -2.03. The minimum atomic E-state index is 0.486. The standard InChI is InChI=1S/C10H18O/c1-9-6-4-2-3-5-7-10(11)8-9/h9H,2-8H2,1H3/t9-/m1/s1. The van der Waals surface area contributed by atoms with Crippen LogP contribution in [0.25, 0.3) is 0 Å². The first-order valence-corrected chi connectivity index (χ1v) is 4.81. The Labute approximate surface area is 69.2 Å².